The van der Waals surface area contributed by atoms with Crippen LogP contribution in [0.15, 0.2) is 29.2 Å². The molecule has 0 spiro atoms. The van der Waals surface area contributed by atoms with E-state index in [1.165, 1.54) is 24.1 Å². The number of methoxy groups -OCH3 is 1. The zero-order valence-electron chi connectivity index (χ0n) is 9.78. The van der Waals surface area contributed by atoms with E-state index in [0.717, 1.165) is 3.57 Å². The number of rotatable bonds is 2. The first-order chi connectivity index (χ1) is 8.52. The number of hydrogen-bond acceptors (Lipinski definition) is 3. The van der Waals surface area contributed by atoms with E-state index in [-0.39, 0.29) is 22.6 Å². The molecular formula is C12H10FIN2O2. The molecule has 0 saturated carbocycles. The highest BCUT2D eigenvalue weighted by molar-refractivity contribution is 14.1. The molecule has 2 aromatic rings. The lowest BCUT2D eigenvalue weighted by atomic mass is 10.3. The molecule has 0 fully saturated rings. The van der Waals surface area contributed by atoms with Crippen LogP contribution >= 0.6 is 22.6 Å². The average molecular weight is 360 g/mol. The van der Waals surface area contributed by atoms with Gasteiger partial charge in [-0.2, -0.15) is 5.10 Å². The summed E-state index contributed by atoms with van der Waals surface area (Å²) in [7, 11) is 1.39. The third-order valence-corrected chi connectivity index (χ3v) is 3.10. The summed E-state index contributed by atoms with van der Waals surface area (Å²) in [6.07, 6.45) is 1.38. The van der Waals surface area contributed by atoms with Crippen molar-refractivity contribution < 1.29 is 9.13 Å². The molecule has 1 heterocycles. The largest absolute Gasteiger partial charge is 0.491 e. The van der Waals surface area contributed by atoms with Gasteiger partial charge in [0.15, 0.2) is 5.75 Å². The number of aromatic nitrogens is 2. The van der Waals surface area contributed by atoms with Gasteiger partial charge in [-0.05, 0) is 47.7 Å². The summed E-state index contributed by atoms with van der Waals surface area (Å²) >= 11 is 2.08. The maximum Gasteiger partial charge on any atom is 0.244 e. The van der Waals surface area contributed by atoms with Crippen molar-refractivity contribution in [2.75, 3.05) is 7.11 Å². The Hall–Kier alpha value is -1.44. The van der Waals surface area contributed by atoms with Gasteiger partial charge in [0.2, 0.25) is 5.43 Å². The first-order valence-corrected chi connectivity index (χ1v) is 6.21. The van der Waals surface area contributed by atoms with Crippen molar-refractivity contribution in [2.24, 2.45) is 0 Å². The van der Waals surface area contributed by atoms with E-state index in [4.69, 9.17) is 4.74 Å². The standard InChI is InChI=1S/C12H10FIN2O2/c1-7-12(17)11(18-2)6-16(15-7)10-5-8(14)3-4-9(10)13/h3-6H,1-2H3. The van der Waals surface area contributed by atoms with E-state index in [2.05, 4.69) is 27.7 Å². The molecule has 4 nitrogen and oxygen atoms in total. The van der Waals surface area contributed by atoms with Crippen LogP contribution in [0.25, 0.3) is 5.69 Å². The monoisotopic (exact) mass is 360 g/mol. The molecule has 0 radical (unpaired) electrons. The molecule has 0 bridgehead atoms. The Morgan fingerprint density at radius 2 is 2.17 bits per heavy atom. The predicted molar refractivity (Wildman–Crippen MR) is 73.8 cm³/mol. The van der Waals surface area contributed by atoms with Crippen molar-refractivity contribution in [3.63, 3.8) is 0 Å². The van der Waals surface area contributed by atoms with Gasteiger partial charge in [-0.1, -0.05) is 0 Å². The molecule has 1 aromatic carbocycles. The van der Waals surface area contributed by atoms with Gasteiger partial charge in [0.25, 0.3) is 0 Å². The molecule has 0 aliphatic rings. The minimum atomic E-state index is -0.409. The zero-order chi connectivity index (χ0) is 13.3. The number of aryl methyl sites for hydroxylation is 1. The normalized spacial score (nSPS) is 10.4. The van der Waals surface area contributed by atoms with Gasteiger partial charge in [-0.3, -0.25) is 4.79 Å². The highest BCUT2D eigenvalue weighted by Gasteiger charge is 2.10. The van der Waals surface area contributed by atoms with Crippen LogP contribution in [0.4, 0.5) is 4.39 Å². The number of nitrogens with zero attached hydrogens (tertiary/aromatic N) is 2. The van der Waals surface area contributed by atoms with Crippen molar-refractivity contribution in [1.29, 1.82) is 0 Å². The molecule has 0 aliphatic heterocycles. The number of ether oxygens (including phenoxy) is 1. The predicted octanol–water partition coefficient (Wildman–Crippen LogP) is 2.29. The van der Waals surface area contributed by atoms with Gasteiger partial charge in [0, 0.05) is 3.57 Å². The van der Waals surface area contributed by atoms with Crippen LogP contribution in [0.1, 0.15) is 5.69 Å². The minimum Gasteiger partial charge on any atom is -0.491 e. The second-order valence-electron chi connectivity index (χ2n) is 3.65. The highest BCUT2D eigenvalue weighted by Crippen LogP contribution is 2.17. The Balaban J connectivity index is 2.68. The third-order valence-electron chi connectivity index (χ3n) is 2.42. The van der Waals surface area contributed by atoms with E-state index in [1.54, 1.807) is 19.1 Å². The second-order valence-corrected chi connectivity index (χ2v) is 4.90. The van der Waals surface area contributed by atoms with Crippen molar-refractivity contribution in [3.05, 3.63) is 49.7 Å². The smallest absolute Gasteiger partial charge is 0.244 e. The second kappa shape index (κ2) is 5.05. The SMILES string of the molecule is COc1cn(-c2cc(I)ccc2F)nc(C)c1=O. The molecule has 0 aliphatic carbocycles. The highest BCUT2D eigenvalue weighted by atomic mass is 127. The lowest BCUT2D eigenvalue weighted by molar-refractivity contribution is 0.403. The lowest BCUT2D eigenvalue weighted by Crippen LogP contribution is -2.16. The number of hydrogen-bond donors (Lipinski definition) is 0. The molecule has 94 valence electrons. The molecule has 0 atom stereocenters. The van der Waals surface area contributed by atoms with Crippen LogP contribution in [0.3, 0.4) is 0 Å². The van der Waals surface area contributed by atoms with Crippen molar-refractivity contribution in [3.8, 4) is 11.4 Å². The Labute approximate surface area is 117 Å². The maximum atomic E-state index is 13.7. The molecule has 1 aromatic heterocycles. The lowest BCUT2D eigenvalue weighted by Gasteiger charge is -2.09. The van der Waals surface area contributed by atoms with Crippen molar-refractivity contribution >= 4 is 22.6 Å². The van der Waals surface area contributed by atoms with E-state index >= 15 is 0 Å². The molecular weight excluding hydrogens is 350 g/mol. The van der Waals surface area contributed by atoms with E-state index in [1.807, 2.05) is 0 Å². The fourth-order valence-corrected chi connectivity index (χ4v) is 1.99. The van der Waals surface area contributed by atoms with E-state index in [0.29, 0.717) is 0 Å². The summed E-state index contributed by atoms with van der Waals surface area (Å²) in [6, 6.07) is 4.66. The summed E-state index contributed by atoms with van der Waals surface area (Å²) < 4.78 is 20.9. The van der Waals surface area contributed by atoms with Gasteiger partial charge in [0.05, 0.1) is 13.3 Å². The molecule has 0 unspecified atom stereocenters. The van der Waals surface area contributed by atoms with Crippen LogP contribution in [0.5, 0.6) is 5.75 Å². The first kappa shape index (κ1) is 13.0. The summed E-state index contributed by atoms with van der Waals surface area (Å²) in [6.45, 7) is 1.56. The maximum absolute atomic E-state index is 13.7. The first-order valence-electron chi connectivity index (χ1n) is 5.13. The summed E-state index contributed by atoms with van der Waals surface area (Å²) in [4.78, 5) is 11.6. The molecule has 18 heavy (non-hydrogen) atoms. The summed E-state index contributed by atoms with van der Waals surface area (Å²) in [5, 5.41) is 4.03. The molecule has 0 saturated heterocycles. The van der Waals surface area contributed by atoms with Gasteiger partial charge < -0.3 is 4.74 Å². The minimum absolute atomic E-state index is 0.140. The average Bonchev–Trinajstić information content (AvgIpc) is 2.35. The molecule has 2 rings (SSSR count). The van der Waals surface area contributed by atoms with Gasteiger partial charge in [-0.25, -0.2) is 9.07 Å². The third kappa shape index (κ3) is 2.38. The van der Waals surface area contributed by atoms with Gasteiger partial charge in [0.1, 0.15) is 17.2 Å². The van der Waals surface area contributed by atoms with Crippen LogP contribution in [-0.4, -0.2) is 16.9 Å². The Kier molecular flexibility index (Phi) is 3.65. The molecule has 6 heteroatoms. The van der Waals surface area contributed by atoms with Gasteiger partial charge >= 0.3 is 0 Å². The van der Waals surface area contributed by atoms with E-state index < -0.39 is 5.82 Å². The van der Waals surface area contributed by atoms with Crippen LogP contribution in [0, 0.1) is 16.3 Å². The van der Waals surface area contributed by atoms with Crippen molar-refractivity contribution in [1.82, 2.24) is 9.78 Å². The number of benzene rings is 1. The van der Waals surface area contributed by atoms with Crippen LogP contribution < -0.4 is 10.2 Å². The van der Waals surface area contributed by atoms with Crippen LogP contribution in [0.2, 0.25) is 0 Å². The van der Waals surface area contributed by atoms with Crippen LogP contribution in [-0.2, 0) is 0 Å². The summed E-state index contributed by atoms with van der Waals surface area (Å²) in [5.74, 6) is -0.270. The van der Waals surface area contributed by atoms with Crippen molar-refractivity contribution in [2.45, 2.75) is 6.92 Å². The topological polar surface area (TPSA) is 44.1 Å². The Bertz CT molecular complexity index is 655. The Morgan fingerprint density at radius 3 is 2.83 bits per heavy atom. The Morgan fingerprint density at radius 1 is 1.44 bits per heavy atom. The molecule has 0 amide bonds. The van der Waals surface area contributed by atoms with E-state index in [9.17, 15) is 9.18 Å². The number of halogens is 2. The fraction of sp³-hybridized carbons (Fsp3) is 0.167. The fourth-order valence-electron chi connectivity index (χ4n) is 1.51. The van der Waals surface area contributed by atoms with Gasteiger partial charge in [-0.15, -0.1) is 0 Å². The molecule has 0 N–H and O–H groups in total. The zero-order valence-corrected chi connectivity index (χ0v) is 11.9. The summed E-state index contributed by atoms with van der Waals surface area (Å²) in [5.41, 5.74) is 0.246. The quantitative estimate of drug-likeness (QED) is 0.772.